The number of pyridine rings is 1. The van der Waals surface area contributed by atoms with Crippen molar-refractivity contribution in [2.24, 2.45) is 7.05 Å². The summed E-state index contributed by atoms with van der Waals surface area (Å²) in [6, 6.07) is 10.0. The molecule has 0 saturated carbocycles. The van der Waals surface area contributed by atoms with Crippen LogP contribution < -0.4 is 10.3 Å². The fourth-order valence-corrected chi connectivity index (χ4v) is 2.47. The van der Waals surface area contributed by atoms with E-state index in [0.717, 1.165) is 15.8 Å². The molecule has 1 radical (unpaired) electrons. The fraction of sp³-hybridized carbons (Fsp3) is 0.133. The number of benzene rings is 1. The second-order valence-corrected chi connectivity index (χ2v) is 5.35. The van der Waals surface area contributed by atoms with Gasteiger partial charge in [0.25, 0.3) is 0 Å². The molecule has 1 heterocycles. The van der Waals surface area contributed by atoms with Crippen molar-refractivity contribution in [1.29, 1.82) is 0 Å². The van der Waals surface area contributed by atoms with Crippen molar-refractivity contribution in [2.75, 3.05) is 6.61 Å². The Morgan fingerprint density at radius 3 is 2.86 bits per heavy atom. The van der Waals surface area contributed by atoms with Gasteiger partial charge in [-0.1, -0.05) is 39.8 Å². The average molecular weight is 443 g/mol. The van der Waals surface area contributed by atoms with Crippen LogP contribution in [0.1, 0.15) is 0 Å². The molecule has 107 valence electrons. The van der Waals surface area contributed by atoms with Gasteiger partial charge in [-0.2, -0.15) is 23.7 Å². The Hall–Kier alpha value is -0.416. The standard InChI is InChI=1S/C15H12BrClNO2.Y/c1-3-8-20-10-4-5-11(12(16)9-10)14-7-6-13(17)15(19)18(14)2;/h3-6,9H,1,8H2,2H3;/q-1;. The van der Waals surface area contributed by atoms with Gasteiger partial charge in [0.1, 0.15) is 12.4 Å². The molecule has 0 amide bonds. The van der Waals surface area contributed by atoms with E-state index in [-0.39, 0.29) is 43.3 Å². The molecule has 6 heteroatoms. The summed E-state index contributed by atoms with van der Waals surface area (Å²) < 4.78 is 7.73. The quantitative estimate of drug-likeness (QED) is 0.532. The van der Waals surface area contributed by atoms with E-state index in [4.69, 9.17) is 16.3 Å². The number of hydrogen-bond acceptors (Lipinski definition) is 2. The normalized spacial score (nSPS) is 9.86. The monoisotopic (exact) mass is 441 g/mol. The number of ether oxygens (including phenoxy) is 1. The molecule has 0 N–H and O–H groups in total. The molecule has 0 saturated heterocycles. The Morgan fingerprint density at radius 2 is 2.24 bits per heavy atom. The third kappa shape index (κ3) is 4.29. The van der Waals surface area contributed by atoms with Crippen LogP contribution in [0.25, 0.3) is 11.3 Å². The van der Waals surface area contributed by atoms with E-state index in [1.54, 1.807) is 13.1 Å². The van der Waals surface area contributed by atoms with Crippen LogP contribution in [0.15, 0.2) is 46.2 Å². The fourth-order valence-electron chi connectivity index (χ4n) is 1.74. The van der Waals surface area contributed by atoms with E-state index in [1.807, 2.05) is 18.2 Å². The smallest absolute Gasteiger partial charge is 0.212 e. The Balaban J connectivity index is 0.00000220. The van der Waals surface area contributed by atoms with Gasteiger partial charge in [0.05, 0.1) is 0 Å². The zero-order chi connectivity index (χ0) is 14.7. The maximum Gasteiger partial charge on any atom is 0.212 e. The summed E-state index contributed by atoms with van der Waals surface area (Å²) in [7, 11) is 1.66. The summed E-state index contributed by atoms with van der Waals surface area (Å²) in [5.74, 6) is 0.722. The maximum absolute atomic E-state index is 11.8. The molecule has 0 fully saturated rings. The first-order valence-electron chi connectivity index (χ1n) is 5.85. The van der Waals surface area contributed by atoms with Crippen LogP contribution in [0.5, 0.6) is 5.75 Å². The van der Waals surface area contributed by atoms with E-state index in [1.165, 1.54) is 10.6 Å². The second-order valence-electron chi connectivity index (χ2n) is 4.09. The summed E-state index contributed by atoms with van der Waals surface area (Å²) in [6.07, 6.45) is 1.68. The minimum atomic E-state index is -0.251. The van der Waals surface area contributed by atoms with Crippen molar-refractivity contribution < 1.29 is 37.4 Å². The molecule has 3 nitrogen and oxygen atoms in total. The maximum atomic E-state index is 11.8. The zero-order valence-corrected chi connectivity index (χ0v) is 16.6. The van der Waals surface area contributed by atoms with Crippen LogP contribution in [-0.4, -0.2) is 11.2 Å². The third-order valence-corrected chi connectivity index (χ3v) is 3.67. The van der Waals surface area contributed by atoms with Gasteiger partial charge in [0.2, 0.25) is 5.56 Å². The van der Waals surface area contributed by atoms with Crippen LogP contribution in [-0.2, 0) is 39.8 Å². The zero-order valence-electron chi connectivity index (χ0n) is 11.4. The Labute approximate surface area is 162 Å². The molecule has 0 aliphatic heterocycles. The number of aromatic nitrogens is 1. The van der Waals surface area contributed by atoms with Crippen LogP contribution in [0.2, 0.25) is 5.02 Å². The van der Waals surface area contributed by atoms with Gasteiger partial charge in [-0.05, 0) is 16.6 Å². The molecule has 2 rings (SSSR count). The average Bonchev–Trinajstić information content (AvgIpc) is 2.44. The molecular weight excluding hydrogens is 430 g/mol. The molecule has 0 spiro atoms. The Morgan fingerprint density at radius 1 is 1.52 bits per heavy atom. The van der Waals surface area contributed by atoms with Gasteiger partial charge >= 0.3 is 0 Å². The molecule has 1 aromatic carbocycles. The molecule has 0 atom stereocenters. The summed E-state index contributed by atoms with van der Waals surface area (Å²) in [6.45, 7) is 4.04. The molecule has 0 aliphatic carbocycles. The summed E-state index contributed by atoms with van der Waals surface area (Å²) in [5.41, 5.74) is 1.24. The second kappa shape index (κ2) is 8.28. The van der Waals surface area contributed by atoms with Gasteiger partial charge in [-0.3, -0.25) is 4.79 Å². The van der Waals surface area contributed by atoms with Crippen molar-refractivity contribution in [3.8, 4) is 17.0 Å². The molecule has 0 unspecified atom stereocenters. The van der Waals surface area contributed by atoms with Crippen LogP contribution in [0, 0.1) is 6.07 Å². The largest absolute Gasteiger partial charge is 0.490 e. The van der Waals surface area contributed by atoms with Gasteiger partial charge in [-0.15, -0.1) is 6.07 Å². The van der Waals surface area contributed by atoms with Crippen LogP contribution in [0.4, 0.5) is 0 Å². The van der Waals surface area contributed by atoms with Crippen molar-refractivity contribution in [1.82, 2.24) is 4.57 Å². The summed E-state index contributed by atoms with van der Waals surface area (Å²) >= 11 is 9.27. The first-order valence-corrected chi connectivity index (χ1v) is 7.02. The van der Waals surface area contributed by atoms with Crippen molar-refractivity contribution in [3.05, 3.63) is 62.8 Å². The van der Waals surface area contributed by atoms with Crippen LogP contribution >= 0.6 is 27.5 Å². The van der Waals surface area contributed by atoms with Gasteiger partial charge in [0.15, 0.2) is 0 Å². The molecular formula is C15H12BrClNO2Y-. The van der Waals surface area contributed by atoms with Gasteiger partial charge in [0, 0.05) is 44.8 Å². The Bertz CT molecular complexity index is 715. The Kier molecular flexibility index (Phi) is 7.34. The molecule has 21 heavy (non-hydrogen) atoms. The topological polar surface area (TPSA) is 31.2 Å². The van der Waals surface area contributed by atoms with Crippen molar-refractivity contribution in [3.63, 3.8) is 0 Å². The summed E-state index contributed by atoms with van der Waals surface area (Å²) in [5, 5.41) is 0.151. The molecule has 0 aliphatic rings. The number of nitrogens with zero attached hydrogens (tertiary/aromatic N) is 1. The molecule has 0 bridgehead atoms. The van der Waals surface area contributed by atoms with Crippen molar-refractivity contribution >= 4 is 27.5 Å². The van der Waals surface area contributed by atoms with E-state index in [2.05, 4.69) is 28.6 Å². The van der Waals surface area contributed by atoms with Gasteiger partial charge < -0.3 is 9.30 Å². The number of hydrogen-bond donors (Lipinski definition) is 0. The van der Waals surface area contributed by atoms with E-state index < -0.39 is 0 Å². The summed E-state index contributed by atoms with van der Waals surface area (Å²) in [4.78, 5) is 11.8. The first kappa shape index (κ1) is 18.6. The van der Waals surface area contributed by atoms with Gasteiger partial charge in [-0.25, -0.2) is 0 Å². The minimum Gasteiger partial charge on any atom is -0.490 e. The third-order valence-electron chi connectivity index (χ3n) is 2.74. The molecule has 1 aromatic heterocycles. The molecule has 2 aromatic rings. The first-order chi connectivity index (χ1) is 9.54. The number of rotatable bonds is 4. The van der Waals surface area contributed by atoms with E-state index in [9.17, 15) is 4.79 Å². The predicted molar refractivity (Wildman–Crippen MR) is 84.4 cm³/mol. The van der Waals surface area contributed by atoms with E-state index >= 15 is 0 Å². The van der Waals surface area contributed by atoms with Crippen LogP contribution in [0.3, 0.4) is 0 Å². The van der Waals surface area contributed by atoms with Crippen molar-refractivity contribution in [2.45, 2.75) is 0 Å². The number of halogens is 2. The SMILES string of the molecule is C=CCOc1ccc(-c2[c-]cc(Cl)c(=O)n2C)c(Br)c1.[Y]. The predicted octanol–water partition coefficient (Wildman–Crippen LogP) is 3.83. The van der Waals surface area contributed by atoms with E-state index in [0.29, 0.717) is 12.3 Å². The minimum absolute atomic E-state index is 0.